The van der Waals surface area contributed by atoms with E-state index in [0.717, 1.165) is 25.7 Å². The fourth-order valence-corrected chi connectivity index (χ4v) is 7.24. The average molecular weight is 706 g/mol. The Morgan fingerprint density at radius 1 is 0.460 bits per heavy atom. The lowest BCUT2D eigenvalue weighted by Crippen LogP contribution is -2.45. The maximum Gasteiger partial charge on any atom is 0.220 e. The van der Waals surface area contributed by atoms with E-state index in [9.17, 15) is 15.0 Å². The van der Waals surface area contributed by atoms with Gasteiger partial charge < -0.3 is 15.5 Å². The van der Waals surface area contributed by atoms with Gasteiger partial charge in [0.1, 0.15) is 0 Å². The largest absolute Gasteiger partial charge is 0.394 e. The number of allylic oxidation sites excluding steroid dienone is 1. The lowest BCUT2D eigenvalue weighted by atomic mass is 10.0. The van der Waals surface area contributed by atoms with Gasteiger partial charge in [-0.3, -0.25) is 4.79 Å². The summed E-state index contributed by atoms with van der Waals surface area (Å²) in [5, 5.41) is 23.1. The summed E-state index contributed by atoms with van der Waals surface area (Å²) in [4.78, 5) is 12.4. The van der Waals surface area contributed by atoms with Crippen LogP contribution >= 0.6 is 0 Å². The predicted octanol–water partition coefficient (Wildman–Crippen LogP) is 14.2. The van der Waals surface area contributed by atoms with E-state index in [1.807, 2.05) is 6.08 Å². The molecule has 0 aromatic carbocycles. The Morgan fingerprint density at radius 3 is 1.04 bits per heavy atom. The zero-order chi connectivity index (χ0) is 36.4. The molecule has 0 aliphatic carbocycles. The Morgan fingerprint density at radius 2 is 0.740 bits per heavy atom. The molecule has 0 fully saturated rings. The molecular formula is C46H91NO3. The second kappa shape index (κ2) is 42.5. The van der Waals surface area contributed by atoms with Crippen LogP contribution in [-0.2, 0) is 4.79 Å². The highest BCUT2D eigenvalue weighted by molar-refractivity contribution is 5.76. The first-order chi connectivity index (χ1) is 24.7. The van der Waals surface area contributed by atoms with Crippen molar-refractivity contribution in [2.24, 2.45) is 0 Å². The molecule has 0 saturated carbocycles. The Hall–Kier alpha value is -0.870. The highest BCUT2D eigenvalue weighted by Crippen LogP contribution is 2.16. The van der Waals surface area contributed by atoms with Crippen molar-refractivity contribution in [2.45, 2.75) is 270 Å². The molecule has 2 unspecified atom stereocenters. The number of carbonyl (C=O) groups is 1. The predicted molar refractivity (Wildman–Crippen MR) is 221 cm³/mol. The summed E-state index contributed by atoms with van der Waals surface area (Å²) in [6, 6.07) is -0.616. The molecule has 0 aromatic rings. The van der Waals surface area contributed by atoms with Crippen LogP contribution in [-0.4, -0.2) is 34.9 Å². The van der Waals surface area contributed by atoms with Gasteiger partial charge in [-0.2, -0.15) is 0 Å². The molecule has 0 radical (unpaired) electrons. The molecule has 0 saturated heterocycles. The van der Waals surface area contributed by atoms with E-state index in [1.165, 1.54) is 212 Å². The number of hydrogen-bond acceptors (Lipinski definition) is 3. The van der Waals surface area contributed by atoms with E-state index >= 15 is 0 Å². The van der Waals surface area contributed by atoms with Crippen LogP contribution in [0.25, 0.3) is 0 Å². The molecule has 4 nitrogen and oxygen atoms in total. The van der Waals surface area contributed by atoms with Gasteiger partial charge in [0.25, 0.3) is 0 Å². The second-order valence-corrected chi connectivity index (χ2v) is 15.8. The zero-order valence-corrected chi connectivity index (χ0v) is 34.2. The summed E-state index contributed by atoms with van der Waals surface area (Å²) in [6.07, 6.45) is 53.2. The monoisotopic (exact) mass is 706 g/mol. The SMILES string of the molecule is CCCCCCCCCCCCCCCCCCCC/C=C/C(O)C(CO)NC(=O)CCCCCCCCCCCCCCCCCCCC. The zero-order valence-electron chi connectivity index (χ0n) is 34.2. The van der Waals surface area contributed by atoms with Crippen LogP contribution < -0.4 is 5.32 Å². The number of amides is 1. The summed E-state index contributed by atoms with van der Waals surface area (Å²) < 4.78 is 0. The van der Waals surface area contributed by atoms with Crippen LogP contribution in [0.4, 0.5) is 0 Å². The van der Waals surface area contributed by atoms with Crippen LogP contribution in [0.3, 0.4) is 0 Å². The molecule has 0 heterocycles. The van der Waals surface area contributed by atoms with E-state index < -0.39 is 12.1 Å². The maximum absolute atomic E-state index is 12.4. The molecule has 2 atom stereocenters. The van der Waals surface area contributed by atoms with E-state index in [-0.39, 0.29) is 12.5 Å². The molecule has 4 heteroatoms. The highest BCUT2D eigenvalue weighted by Gasteiger charge is 2.17. The Bertz CT molecular complexity index is 680. The van der Waals surface area contributed by atoms with E-state index in [4.69, 9.17) is 0 Å². The number of hydrogen-bond donors (Lipinski definition) is 3. The van der Waals surface area contributed by atoms with E-state index in [2.05, 4.69) is 19.2 Å². The minimum Gasteiger partial charge on any atom is -0.394 e. The normalized spacial score (nSPS) is 13.0. The molecule has 0 aromatic heterocycles. The minimum atomic E-state index is -0.834. The highest BCUT2D eigenvalue weighted by atomic mass is 16.3. The molecule has 3 N–H and O–H groups in total. The van der Waals surface area contributed by atoms with Crippen molar-refractivity contribution in [2.75, 3.05) is 6.61 Å². The molecule has 0 bridgehead atoms. The Labute approximate surface area is 314 Å². The second-order valence-electron chi connectivity index (χ2n) is 15.8. The smallest absolute Gasteiger partial charge is 0.220 e. The average Bonchev–Trinajstić information content (AvgIpc) is 3.12. The van der Waals surface area contributed by atoms with Crippen LogP contribution in [0, 0.1) is 0 Å². The van der Waals surface area contributed by atoms with Crippen LogP contribution in [0.5, 0.6) is 0 Å². The standard InChI is InChI=1S/C46H91NO3/c1-3-5-7-9-11-13-15-17-19-21-23-24-25-27-29-31-33-35-37-39-41-45(49)44(43-48)47-46(50)42-40-38-36-34-32-30-28-26-22-20-18-16-14-12-10-8-6-4-2/h39,41,44-45,48-49H,3-38,40,42-43H2,1-2H3,(H,47,50)/b41-39+. The van der Waals surface area contributed by atoms with Crippen molar-refractivity contribution in [3.8, 4) is 0 Å². The van der Waals surface area contributed by atoms with E-state index in [1.54, 1.807) is 6.08 Å². The van der Waals surface area contributed by atoms with Gasteiger partial charge in [-0.15, -0.1) is 0 Å². The molecular weight excluding hydrogens is 615 g/mol. The van der Waals surface area contributed by atoms with Crippen LogP contribution in [0.15, 0.2) is 12.2 Å². The van der Waals surface area contributed by atoms with Crippen molar-refractivity contribution < 1.29 is 15.0 Å². The molecule has 0 aliphatic heterocycles. The molecule has 298 valence electrons. The Kier molecular flexibility index (Phi) is 41.8. The van der Waals surface area contributed by atoms with Gasteiger partial charge in [-0.05, 0) is 19.3 Å². The number of rotatable bonds is 42. The number of nitrogens with one attached hydrogen (secondary N) is 1. The van der Waals surface area contributed by atoms with Crippen molar-refractivity contribution in [3.63, 3.8) is 0 Å². The van der Waals surface area contributed by atoms with Crippen LogP contribution in [0.1, 0.15) is 258 Å². The first-order valence-corrected chi connectivity index (χ1v) is 22.9. The molecule has 0 aliphatic rings. The summed E-state index contributed by atoms with van der Waals surface area (Å²) in [7, 11) is 0. The van der Waals surface area contributed by atoms with Gasteiger partial charge >= 0.3 is 0 Å². The number of aliphatic hydroxyl groups excluding tert-OH is 2. The molecule has 0 spiro atoms. The number of unbranched alkanes of at least 4 members (excludes halogenated alkanes) is 35. The minimum absolute atomic E-state index is 0.0588. The van der Waals surface area contributed by atoms with Crippen molar-refractivity contribution in [1.82, 2.24) is 5.32 Å². The first-order valence-electron chi connectivity index (χ1n) is 22.9. The lowest BCUT2D eigenvalue weighted by molar-refractivity contribution is -0.123. The topological polar surface area (TPSA) is 69.6 Å². The summed E-state index contributed by atoms with van der Waals surface area (Å²) in [5.41, 5.74) is 0. The molecule has 50 heavy (non-hydrogen) atoms. The van der Waals surface area contributed by atoms with Gasteiger partial charge in [-0.1, -0.05) is 244 Å². The number of carbonyl (C=O) groups excluding carboxylic acids is 1. The van der Waals surface area contributed by atoms with E-state index in [0.29, 0.717) is 6.42 Å². The molecule has 1 amide bonds. The third-order valence-electron chi connectivity index (χ3n) is 10.8. The van der Waals surface area contributed by atoms with Crippen LogP contribution in [0.2, 0.25) is 0 Å². The Balaban J connectivity index is 3.52. The first kappa shape index (κ1) is 49.1. The van der Waals surface area contributed by atoms with Gasteiger partial charge in [0.2, 0.25) is 5.91 Å². The maximum atomic E-state index is 12.4. The molecule has 0 rings (SSSR count). The fraction of sp³-hybridized carbons (Fsp3) is 0.935. The van der Waals surface area contributed by atoms with Crippen molar-refractivity contribution in [3.05, 3.63) is 12.2 Å². The van der Waals surface area contributed by atoms with Gasteiger partial charge in [0, 0.05) is 6.42 Å². The van der Waals surface area contributed by atoms with Crippen molar-refractivity contribution >= 4 is 5.91 Å². The third-order valence-corrected chi connectivity index (χ3v) is 10.8. The third kappa shape index (κ3) is 38.4. The fourth-order valence-electron chi connectivity index (χ4n) is 7.24. The quantitative estimate of drug-likeness (QED) is 0.0437. The lowest BCUT2D eigenvalue weighted by Gasteiger charge is -2.20. The van der Waals surface area contributed by atoms with Crippen molar-refractivity contribution in [1.29, 1.82) is 0 Å². The van der Waals surface area contributed by atoms with Gasteiger partial charge in [-0.25, -0.2) is 0 Å². The number of aliphatic hydroxyl groups is 2. The summed E-state index contributed by atoms with van der Waals surface area (Å²) in [5.74, 6) is -0.0588. The van der Waals surface area contributed by atoms with Gasteiger partial charge in [0.15, 0.2) is 0 Å². The summed E-state index contributed by atoms with van der Waals surface area (Å²) >= 11 is 0. The van der Waals surface area contributed by atoms with Gasteiger partial charge in [0.05, 0.1) is 18.8 Å². The summed E-state index contributed by atoms with van der Waals surface area (Å²) in [6.45, 7) is 4.33.